The van der Waals surface area contributed by atoms with Gasteiger partial charge in [-0.3, -0.25) is 4.57 Å². The Kier molecular flexibility index (Phi) is 2.80. The van der Waals surface area contributed by atoms with Crippen molar-refractivity contribution >= 4 is 11.0 Å². The average Bonchev–Trinajstić information content (AvgIpc) is 2.82. The van der Waals surface area contributed by atoms with Crippen molar-refractivity contribution in [3.8, 4) is 5.82 Å². The molecule has 0 aliphatic heterocycles. The molecule has 3 rings (SSSR count). The van der Waals surface area contributed by atoms with E-state index >= 15 is 0 Å². The summed E-state index contributed by atoms with van der Waals surface area (Å²) in [4.78, 5) is 8.88. The predicted molar refractivity (Wildman–Crippen MR) is 76.2 cm³/mol. The van der Waals surface area contributed by atoms with Crippen LogP contribution in [0, 0.1) is 13.8 Å². The van der Waals surface area contributed by atoms with Crippen LogP contribution in [0.4, 0.5) is 0 Å². The maximum Gasteiger partial charge on any atom is 0.138 e. The highest BCUT2D eigenvalue weighted by molar-refractivity contribution is 5.78. The summed E-state index contributed by atoms with van der Waals surface area (Å²) in [5.74, 6) is 0.864. The van der Waals surface area contributed by atoms with E-state index in [1.165, 1.54) is 11.1 Å². The van der Waals surface area contributed by atoms with Crippen LogP contribution in [0.3, 0.4) is 0 Å². The van der Waals surface area contributed by atoms with Gasteiger partial charge in [-0.2, -0.15) is 0 Å². The number of aryl methyl sites for hydroxylation is 2. The van der Waals surface area contributed by atoms with E-state index in [9.17, 15) is 0 Å². The summed E-state index contributed by atoms with van der Waals surface area (Å²) >= 11 is 0. The van der Waals surface area contributed by atoms with Crippen LogP contribution < -0.4 is 5.73 Å². The SMILES string of the molecule is Cc1cc2ncn(-c3ccc(CN)cn3)c2cc1C. The highest BCUT2D eigenvalue weighted by atomic mass is 15.1. The van der Waals surface area contributed by atoms with E-state index in [1.807, 2.05) is 29.2 Å². The Balaban J connectivity index is 2.16. The fraction of sp³-hybridized carbons (Fsp3) is 0.200. The minimum Gasteiger partial charge on any atom is -0.326 e. The topological polar surface area (TPSA) is 56.7 Å². The Labute approximate surface area is 111 Å². The van der Waals surface area contributed by atoms with Gasteiger partial charge >= 0.3 is 0 Å². The first-order chi connectivity index (χ1) is 9.19. The lowest BCUT2D eigenvalue weighted by atomic mass is 10.1. The van der Waals surface area contributed by atoms with Gasteiger partial charge in [-0.25, -0.2) is 9.97 Å². The molecule has 0 saturated carbocycles. The molecule has 0 aliphatic carbocycles. The molecule has 2 aromatic heterocycles. The molecule has 1 aromatic carbocycles. The number of hydrogen-bond acceptors (Lipinski definition) is 3. The molecular formula is C15H16N4. The summed E-state index contributed by atoms with van der Waals surface area (Å²) < 4.78 is 2.00. The van der Waals surface area contributed by atoms with Gasteiger partial charge in [0.05, 0.1) is 11.0 Å². The third-order valence-electron chi connectivity index (χ3n) is 3.45. The van der Waals surface area contributed by atoms with Crippen molar-refractivity contribution in [1.29, 1.82) is 0 Å². The van der Waals surface area contributed by atoms with Crippen molar-refractivity contribution in [3.05, 3.63) is 53.5 Å². The quantitative estimate of drug-likeness (QED) is 0.762. The van der Waals surface area contributed by atoms with Gasteiger partial charge in [0.2, 0.25) is 0 Å². The molecule has 0 unspecified atom stereocenters. The number of imidazole rings is 1. The smallest absolute Gasteiger partial charge is 0.138 e. The van der Waals surface area contributed by atoms with Crippen molar-refractivity contribution in [3.63, 3.8) is 0 Å². The molecule has 0 amide bonds. The van der Waals surface area contributed by atoms with E-state index in [1.54, 1.807) is 0 Å². The molecular weight excluding hydrogens is 236 g/mol. The van der Waals surface area contributed by atoms with Gasteiger partial charge in [0.25, 0.3) is 0 Å². The number of rotatable bonds is 2. The Morgan fingerprint density at radius 3 is 2.58 bits per heavy atom. The first kappa shape index (κ1) is 11.9. The number of fused-ring (bicyclic) bond motifs is 1. The first-order valence-electron chi connectivity index (χ1n) is 6.28. The molecule has 96 valence electrons. The summed E-state index contributed by atoms with van der Waals surface area (Å²) in [6, 6.07) is 8.22. The summed E-state index contributed by atoms with van der Waals surface area (Å²) in [5, 5.41) is 0. The maximum atomic E-state index is 5.59. The highest BCUT2D eigenvalue weighted by Gasteiger charge is 2.07. The van der Waals surface area contributed by atoms with Gasteiger partial charge in [0.15, 0.2) is 0 Å². The number of nitrogens with zero attached hydrogens (tertiary/aromatic N) is 3. The number of pyridine rings is 1. The van der Waals surface area contributed by atoms with Gasteiger partial charge in [0.1, 0.15) is 12.1 Å². The van der Waals surface area contributed by atoms with Crippen LogP contribution in [0.15, 0.2) is 36.8 Å². The fourth-order valence-corrected chi connectivity index (χ4v) is 2.13. The van der Waals surface area contributed by atoms with Gasteiger partial charge < -0.3 is 5.73 Å². The number of hydrogen-bond donors (Lipinski definition) is 1. The van der Waals surface area contributed by atoms with Crippen molar-refractivity contribution in [2.24, 2.45) is 5.73 Å². The van der Waals surface area contributed by atoms with Crippen molar-refractivity contribution in [2.45, 2.75) is 20.4 Å². The second-order valence-electron chi connectivity index (χ2n) is 4.77. The molecule has 4 nitrogen and oxygen atoms in total. The Morgan fingerprint density at radius 1 is 1.11 bits per heavy atom. The van der Waals surface area contributed by atoms with E-state index in [4.69, 9.17) is 5.73 Å². The van der Waals surface area contributed by atoms with Crippen LogP contribution in [0.25, 0.3) is 16.9 Å². The van der Waals surface area contributed by atoms with Crippen LogP contribution in [0.1, 0.15) is 16.7 Å². The average molecular weight is 252 g/mol. The minimum atomic E-state index is 0.510. The second-order valence-corrected chi connectivity index (χ2v) is 4.77. The molecule has 0 saturated heterocycles. The molecule has 0 fully saturated rings. The molecule has 2 heterocycles. The molecule has 0 atom stereocenters. The molecule has 3 aromatic rings. The Morgan fingerprint density at radius 2 is 1.89 bits per heavy atom. The van der Waals surface area contributed by atoms with Crippen molar-refractivity contribution in [2.75, 3.05) is 0 Å². The van der Waals surface area contributed by atoms with Gasteiger partial charge in [-0.1, -0.05) is 6.07 Å². The lowest BCUT2D eigenvalue weighted by Gasteiger charge is -2.06. The number of benzene rings is 1. The summed E-state index contributed by atoms with van der Waals surface area (Å²) in [5.41, 5.74) is 11.2. The monoisotopic (exact) mass is 252 g/mol. The largest absolute Gasteiger partial charge is 0.326 e. The van der Waals surface area contributed by atoms with Crippen LogP contribution in [0.2, 0.25) is 0 Å². The summed E-state index contributed by atoms with van der Waals surface area (Å²) in [6.07, 6.45) is 3.62. The van der Waals surface area contributed by atoms with Crippen LogP contribution in [-0.4, -0.2) is 14.5 Å². The number of aromatic nitrogens is 3. The van der Waals surface area contributed by atoms with Gasteiger partial charge in [-0.15, -0.1) is 0 Å². The summed E-state index contributed by atoms with van der Waals surface area (Å²) in [7, 11) is 0. The molecule has 0 aliphatic rings. The third kappa shape index (κ3) is 2.00. The lowest BCUT2D eigenvalue weighted by Crippen LogP contribution is -2.00. The van der Waals surface area contributed by atoms with Gasteiger partial charge in [0, 0.05) is 12.7 Å². The van der Waals surface area contributed by atoms with E-state index in [0.29, 0.717) is 6.54 Å². The van der Waals surface area contributed by atoms with Crippen LogP contribution in [0.5, 0.6) is 0 Å². The third-order valence-corrected chi connectivity index (χ3v) is 3.45. The van der Waals surface area contributed by atoms with Crippen molar-refractivity contribution < 1.29 is 0 Å². The van der Waals surface area contributed by atoms with E-state index < -0.39 is 0 Å². The Hall–Kier alpha value is -2.20. The summed E-state index contributed by atoms with van der Waals surface area (Å²) in [6.45, 7) is 4.72. The number of nitrogens with two attached hydrogens (primary N) is 1. The lowest BCUT2D eigenvalue weighted by molar-refractivity contribution is 0.987. The normalized spacial score (nSPS) is 11.1. The maximum absolute atomic E-state index is 5.59. The van der Waals surface area contributed by atoms with E-state index in [2.05, 4.69) is 35.9 Å². The molecule has 0 spiro atoms. The molecule has 2 N–H and O–H groups in total. The first-order valence-corrected chi connectivity index (χ1v) is 6.28. The van der Waals surface area contributed by atoms with Crippen LogP contribution >= 0.6 is 0 Å². The van der Waals surface area contributed by atoms with E-state index in [-0.39, 0.29) is 0 Å². The zero-order valence-electron chi connectivity index (χ0n) is 11.1. The van der Waals surface area contributed by atoms with Gasteiger partial charge in [-0.05, 0) is 48.7 Å². The zero-order valence-corrected chi connectivity index (χ0v) is 11.1. The van der Waals surface area contributed by atoms with E-state index in [0.717, 1.165) is 22.4 Å². The second kappa shape index (κ2) is 4.48. The molecule has 0 bridgehead atoms. The zero-order chi connectivity index (χ0) is 13.4. The molecule has 4 heteroatoms. The minimum absolute atomic E-state index is 0.510. The predicted octanol–water partition coefficient (Wildman–Crippen LogP) is 2.50. The Bertz CT molecular complexity index is 726. The standard InChI is InChI=1S/C15H16N4/c1-10-5-13-14(6-11(10)2)19(9-18-13)15-4-3-12(7-16)8-17-15/h3-6,8-9H,7,16H2,1-2H3. The van der Waals surface area contributed by atoms with Crippen molar-refractivity contribution in [1.82, 2.24) is 14.5 Å². The molecule has 19 heavy (non-hydrogen) atoms. The molecule has 0 radical (unpaired) electrons. The highest BCUT2D eigenvalue weighted by Crippen LogP contribution is 2.20. The fourth-order valence-electron chi connectivity index (χ4n) is 2.13. The van der Waals surface area contributed by atoms with Crippen LogP contribution in [-0.2, 0) is 6.54 Å².